The van der Waals surface area contributed by atoms with Gasteiger partial charge in [-0.15, -0.1) is 12.4 Å². The van der Waals surface area contributed by atoms with E-state index in [2.05, 4.69) is 15.0 Å². The molecule has 1 aliphatic carbocycles. The van der Waals surface area contributed by atoms with E-state index in [0.29, 0.717) is 18.1 Å². The smallest absolute Gasteiger partial charge is 0.387 e. The number of nitrogens with zero attached hydrogens (tertiary/aromatic N) is 1. The molecule has 0 spiro atoms. The molecule has 4 rings (SSSR count). The number of carboxylic acids is 1. The zero-order chi connectivity index (χ0) is 26.7. The molecule has 9 nitrogen and oxygen atoms in total. The quantitative estimate of drug-likeness (QED) is 0.302. The Balaban J connectivity index is 0.00000400. The average Bonchev–Trinajstić information content (AvgIpc) is 3.57. The Morgan fingerprint density at radius 2 is 1.92 bits per heavy atom. The molecule has 38 heavy (non-hydrogen) atoms. The summed E-state index contributed by atoms with van der Waals surface area (Å²) in [5.74, 6) is -2.84. The number of aromatic nitrogens is 1. The normalized spacial score (nSPS) is 13.5. The summed E-state index contributed by atoms with van der Waals surface area (Å²) < 4.78 is 56.1. The predicted octanol–water partition coefficient (Wildman–Crippen LogP) is 4.94. The monoisotopic (exact) mass is 555 g/mol. The van der Waals surface area contributed by atoms with Crippen molar-refractivity contribution >= 4 is 24.3 Å². The Morgan fingerprint density at radius 3 is 2.55 bits per heavy atom. The molecule has 3 aromatic rings. The molecular weight excluding hydrogens is 531 g/mol. The lowest BCUT2D eigenvalue weighted by Crippen LogP contribution is -2.25. The van der Waals surface area contributed by atoms with Crippen molar-refractivity contribution in [2.45, 2.75) is 39.0 Å². The number of oxazole rings is 1. The van der Waals surface area contributed by atoms with Gasteiger partial charge in [0.05, 0.1) is 30.3 Å². The SMILES string of the molecule is CC(N)c1oc(-c2ccc(OC(F)F)c(OCC3CC3)c2)nc1CNC(=O)c1cccc(C(=O)O)c1F.Cl. The summed E-state index contributed by atoms with van der Waals surface area (Å²) in [6.07, 6.45) is 2.00. The van der Waals surface area contributed by atoms with Crippen LogP contribution in [0.1, 0.15) is 58.0 Å². The molecular formula is C25H25ClF3N3O6. The molecule has 1 saturated carbocycles. The van der Waals surface area contributed by atoms with Gasteiger partial charge in [-0.25, -0.2) is 14.2 Å². The molecule has 1 unspecified atom stereocenters. The summed E-state index contributed by atoms with van der Waals surface area (Å²) in [6, 6.07) is 7.08. The lowest BCUT2D eigenvalue weighted by molar-refractivity contribution is -0.0515. The standard InChI is InChI=1S/C25H24F3N3O6.ClH/c1-12(29)21-17(10-30-22(32)15-3-2-4-16(20(15)26)24(33)34)31-23(37-21)14-7-8-18(36-25(27)28)19(9-14)35-11-13-5-6-13;/h2-4,7-9,12-13,25H,5-6,10-11,29H2,1H3,(H,30,32)(H,33,34);1H. The number of nitrogens with two attached hydrogens (primary N) is 1. The molecule has 1 aliphatic rings. The maximum Gasteiger partial charge on any atom is 0.387 e. The molecule has 1 atom stereocenters. The molecule has 2 aromatic carbocycles. The van der Waals surface area contributed by atoms with Crippen molar-refractivity contribution in [2.24, 2.45) is 11.7 Å². The van der Waals surface area contributed by atoms with Crippen molar-refractivity contribution in [3.63, 3.8) is 0 Å². The summed E-state index contributed by atoms with van der Waals surface area (Å²) >= 11 is 0. The minimum Gasteiger partial charge on any atom is -0.489 e. The first-order valence-electron chi connectivity index (χ1n) is 11.4. The van der Waals surface area contributed by atoms with Crippen LogP contribution in [-0.4, -0.2) is 35.2 Å². The van der Waals surface area contributed by atoms with E-state index in [9.17, 15) is 22.8 Å². The Bertz CT molecular complexity index is 1310. The molecule has 1 amide bonds. The van der Waals surface area contributed by atoms with Gasteiger partial charge < -0.3 is 30.0 Å². The van der Waals surface area contributed by atoms with Crippen molar-refractivity contribution in [2.75, 3.05) is 6.61 Å². The predicted molar refractivity (Wildman–Crippen MR) is 131 cm³/mol. The number of rotatable bonds is 11. The Morgan fingerprint density at radius 1 is 1.21 bits per heavy atom. The van der Waals surface area contributed by atoms with Crippen LogP contribution < -0.4 is 20.5 Å². The van der Waals surface area contributed by atoms with Gasteiger partial charge in [0.1, 0.15) is 17.3 Å². The van der Waals surface area contributed by atoms with Gasteiger partial charge in [-0.1, -0.05) is 6.07 Å². The second-order valence-corrected chi connectivity index (χ2v) is 8.57. The molecule has 13 heteroatoms. The number of carbonyl (C=O) groups excluding carboxylic acids is 1. The van der Waals surface area contributed by atoms with Crippen LogP contribution in [0.25, 0.3) is 11.5 Å². The van der Waals surface area contributed by atoms with E-state index in [0.717, 1.165) is 25.0 Å². The van der Waals surface area contributed by atoms with Crippen LogP contribution in [0.4, 0.5) is 13.2 Å². The third kappa shape index (κ3) is 6.75. The Labute approximate surface area is 221 Å². The van der Waals surface area contributed by atoms with Crippen LogP contribution in [0.5, 0.6) is 11.5 Å². The number of amides is 1. The third-order valence-electron chi connectivity index (χ3n) is 5.61. The lowest BCUT2D eigenvalue weighted by atomic mass is 10.1. The van der Waals surface area contributed by atoms with Gasteiger partial charge in [0.15, 0.2) is 11.5 Å². The van der Waals surface area contributed by atoms with Gasteiger partial charge in [0, 0.05) is 5.56 Å². The summed E-state index contributed by atoms with van der Waals surface area (Å²) in [6.45, 7) is -1.24. The van der Waals surface area contributed by atoms with Gasteiger partial charge in [0.25, 0.3) is 5.91 Å². The van der Waals surface area contributed by atoms with E-state index >= 15 is 0 Å². The molecule has 204 valence electrons. The van der Waals surface area contributed by atoms with Crippen LogP contribution in [0.3, 0.4) is 0 Å². The first-order chi connectivity index (χ1) is 17.6. The first kappa shape index (κ1) is 28.8. The largest absolute Gasteiger partial charge is 0.489 e. The summed E-state index contributed by atoms with van der Waals surface area (Å²) in [7, 11) is 0. The fourth-order valence-electron chi connectivity index (χ4n) is 3.54. The number of carboxylic acid groups (broad SMARTS) is 1. The summed E-state index contributed by atoms with van der Waals surface area (Å²) in [5, 5.41) is 11.6. The summed E-state index contributed by atoms with van der Waals surface area (Å²) in [5.41, 5.74) is 5.57. The van der Waals surface area contributed by atoms with E-state index in [4.69, 9.17) is 20.0 Å². The number of halogens is 4. The van der Waals surface area contributed by atoms with E-state index in [1.807, 2.05) is 0 Å². The highest BCUT2D eigenvalue weighted by Crippen LogP contribution is 2.37. The van der Waals surface area contributed by atoms with Crippen molar-refractivity contribution in [3.8, 4) is 23.0 Å². The van der Waals surface area contributed by atoms with Gasteiger partial charge >= 0.3 is 12.6 Å². The molecule has 4 N–H and O–H groups in total. The number of carbonyl (C=O) groups is 2. The highest BCUT2D eigenvalue weighted by Gasteiger charge is 2.25. The number of ether oxygens (including phenoxy) is 2. The van der Waals surface area contributed by atoms with Gasteiger partial charge in [-0.2, -0.15) is 8.78 Å². The van der Waals surface area contributed by atoms with Gasteiger partial charge in [-0.3, -0.25) is 4.79 Å². The molecule has 1 fully saturated rings. The van der Waals surface area contributed by atoms with E-state index in [1.165, 1.54) is 24.3 Å². The fraction of sp³-hybridized carbons (Fsp3) is 0.320. The molecule has 1 heterocycles. The zero-order valence-corrected chi connectivity index (χ0v) is 20.9. The van der Waals surface area contributed by atoms with E-state index < -0.39 is 41.5 Å². The highest BCUT2D eigenvalue weighted by molar-refractivity contribution is 5.97. The maximum absolute atomic E-state index is 14.4. The number of alkyl halides is 2. The van der Waals surface area contributed by atoms with Crippen LogP contribution >= 0.6 is 12.4 Å². The summed E-state index contributed by atoms with van der Waals surface area (Å²) in [4.78, 5) is 28.1. The minimum atomic E-state index is -3.03. The van der Waals surface area contributed by atoms with Crippen LogP contribution in [0.15, 0.2) is 40.8 Å². The zero-order valence-electron chi connectivity index (χ0n) is 20.1. The molecule has 1 aromatic heterocycles. The van der Waals surface area contributed by atoms with Gasteiger partial charge in [-0.05, 0) is 56.0 Å². The van der Waals surface area contributed by atoms with Crippen LogP contribution in [0, 0.1) is 11.7 Å². The maximum atomic E-state index is 14.4. The Kier molecular flexibility index (Phi) is 9.23. The molecule has 0 aliphatic heterocycles. The van der Waals surface area contributed by atoms with Crippen LogP contribution in [-0.2, 0) is 6.54 Å². The van der Waals surface area contributed by atoms with Crippen molar-refractivity contribution in [1.29, 1.82) is 0 Å². The average molecular weight is 556 g/mol. The first-order valence-corrected chi connectivity index (χ1v) is 11.4. The van der Waals surface area contributed by atoms with Crippen molar-refractivity contribution in [1.82, 2.24) is 10.3 Å². The van der Waals surface area contributed by atoms with Crippen molar-refractivity contribution in [3.05, 3.63) is 64.8 Å². The molecule has 0 bridgehead atoms. The molecule has 0 radical (unpaired) electrons. The van der Waals surface area contributed by atoms with Crippen molar-refractivity contribution < 1.29 is 41.8 Å². The lowest BCUT2D eigenvalue weighted by Gasteiger charge is -2.12. The number of hydrogen-bond donors (Lipinski definition) is 3. The van der Waals surface area contributed by atoms with Gasteiger partial charge in [0.2, 0.25) is 5.89 Å². The Hall–Kier alpha value is -3.77. The number of benzene rings is 2. The van der Waals surface area contributed by atoms with Crippen LogP contribution in [0.2, 0.25) is 0 Å². The number of aromatic carboxylic acids is 1. The minimum absolute atomic E-state index is 0. The number of hydrogen-bond acceptors (Lipinski definition) is 7. The molecule has 0 saturated heterocycles. The second-order valence-electron chi connectivity index (χ2n) is 8.57. The number of nitrogens with one attached hydrogen (secondary N) is 1. The fourth-order valence-corrected chi connectivity index (χ4v) is 3.54. The topological polar surface area (TPSA) is 137 Å². The van der Waals surface area contributed by atoms with E-state index in [-0.39, 0.29) is 47.8 Å². The highest BCUT2D eigenvalue weighted by atomic mass is 35.5. The second kappa shape index (κ2) is 12.2. The third-order valence-corrected chi connectivity index (χ3v) is 5.61. The van der Waals surface area contributed by atoms with E-state index in [1.54, 1.807) is 6.92 Å².